The highest BCUT2D eigenvalue weighted by Crippen LogP contribution is 2.29. The Kier molecular flexibility index (Phi) is 5.08. The van der Waals surface area contributed by atoms with Gasteiger partial charge in [-0.3, -0.25) is 4.98 Å². The number of nitrogens with one attached hydrogen (secondary N) is 1. The van der Waals surface area contributed by atoms with Crippen molar-refractivity contribution in [3.05, 3.63) is 66.1 Å². The van der Waals surface area contributed by atoms with Crippen molar-refractivity contribution < 1.29 is 13.2 Å². The van der Waals surface area contributed by atoms with E-state index in [1.807, 2.05) is 12.3 Å². The molecular formula is C19H20F3N3. The van der Waals surface area contributed by atoms with E-state index in [1.165, 1.54) is 17.5 Å². The maximum absolute atomic E-state index is 12.6. The Morgan fingerprint density at radius 3 is 2.60 bits per heavy atom. The Morgan fingerprint density at radius 2 is 1.88 bits per heavy atom. The second-order valence-electron chi connectivity index (χ2n) is 6.21. The molecule has 0 bridgehead atoms. The lowest BCUT2D eigenvalue weighted by molar-refractivity contribution is -0.137. The molecule has 1 N–H and O–H groups in total. The van der Waals surface area contributed by atoms with Crippen molar-refractivity contribution in [2.24, 2.45) is 0 Å². The zero-order valence-corrected chi connectivity index (χ0v) is 13.9. The summed E-state index contributed by atoms with van der Waals surface area (Å²) in [4.78, 5) is 4.16. The van der Waals surface area contributed by atoms with Crippen LogP contribution in [-0.2, 0) is 19.3 Å². The normalized spacial score (nSPS) is 13.3. The summed E-state index contributed by atoms with van der Waals surface area (Å²) in [5.41, 5.74) is 1.34. The molecule has 0 amide bonds. The first-order valence-corrected chi connectivity index (χ1v) is 8.22. The fraction of sp³-hybridized carbons (Fsp3) is 0.316. The Labute approximate surface area is 144 Å². The molecule has 3 nitrogen and oxygen atoms in total. The molecule has 3 aromatic rings. The van der Waals surface area contributed by atoms with E-state index in [2.05, 4.69) is 34.1 Å². The molecule has 25 heavy (non-hydrogen) atoms. The van der Waals surface area contributed by atoms with Crippen molar-refractivity contribution in [1.82, 2.24) is 14.9 Å². The van der Waals surface area contributed by atoms with Crippen molar-refractivity contribution in [2.75, 3.05) is 0 Å². The summed E-state index contributed by atoms with van der Waals surface area (Å²) in [5, 5.41) is 4.52. The van der Waals surface area contributed by atoms with Crippen LogP contribution in [0, 0.1) is 0 Å². The number of hydrogen-bond acceptors (Lipinski definition) is 2. The third-order valence-electron chi connectivity index (χ3n) is 4.32. The van der Waals surface area contributed by atoms with E-state index in [-0.39, 0.29) is 6.04 Å². The van der Waals surface area contributed by atoms with Crippen LogP contribution < -0.4 is 5.32 Å². The van der Waals surface area contributed by atoms with E-state index < -0.39 is 11.7 Å². The average molecular weight is 347 g/mol. The van der Waals surface area contributed by atoms with Crippen molar-refractivity contribution in [3.8, 4) is 0 Å². The molecule has 1 atom stereocenters. The number of aryl methyl sites for hydroxylation is 1. The van der Waals surface area contributed by atoms with Crippen LogP contribution >= 0.6 is 0 Å². The molecule has 132 valence electrons. The number of nitrogens with zero attached hydrogens (tertiary/aromatic N) is 2. The van der Waals surface area contributed by atoms with Gasteiger partial charge in [-0.2, -0.15) is 13.2 Å². The molecule has 2 aromatic heterocycles. The lowest BCUT2D eigenvalue weighted by atomic mass is 10.1. The summed E-state index contributed by atoms with van der Waals surface area (Å²) >= 11 is 0. The van der Waals surface area contributed by atoms with E-state index in [1.54, 1.807) is 6.20 Å². The van der Waals surface area contributed by atoms with Crippen LogP contribution in [0.1, 0.15) is 24.5 Å². The van der Waals surface area contributed by atoms with E-state index in [0.717, 1.165) is 36.2 Å². The topological polar surface area (TPSA) is 29.9 Å². The van der Waals surface area contributed by atoms with Gasteiger partial charge in [-0.05, 0) is 43.2 Å². The lowest BCUT2D eigenvalue weighted by Gasteiger charge is -2.15. The molecule has 6 heteroatoms. The molecule has 0 radical (unpaired) electrons. The van der Waals surface area contributed by atoms with E-state index in [0.29, 0.717) is 6.54 Å². The molecular weight excluding hydrogens is 327 g/mol. The Bertz CT molecular complexity index is 822. The van der Waals surface area contributed by atoms with Crippen LogP contribution in [-0.4, -0.2) is 15.6 Å². The Balaban J connectivity index is 1.50. The highest BCUT2D eigenvalue weighted by Gasteiger charge is 2.29. The predicted octanol–water partition coefficient (Wildman–Crippen LogP) is 4.62. The van der Waals surface area contributed by atoms with Crippen LogP contribution in [0.4, 0.5) is 13.2 Å². The quantitative estimate of drug-likeness (QED) is 0.705. The molecule has 2 heterocycles. The number of benzene rings is 1. The Hall–Kier alpha value is -2.34. The van der Waals surface area contributed by atoms with Crippen LogP contribution in [0.2, 0.25) is 0 Å². The standard InChI is InChI=1S/C19H20F3N3/c1-14(7-10-25-11-8-16-6-9-23-13-18(16)25)24-12-15-2-4-17(5-3-15)19(20,21)22/h2-6,8-9,11,13-14,24H,7,10,12H2,1H3. The largest absolute Gasteiger partial charge is 0.416 e. The van der Waals surface area contributed by atoms with Gasteiger partial charge in [0.25, 0.3) is 0 Å². The SMILES string of the molecule is CC(CCn1ccc2ccncc21)NCc1ccc(C(F)(F)F)cc1. The van der Waals surface area contributed by atoms with Crippen LogP contribution in [0.3, 0.4) is 0 Å². The third-order valence-corrected chi connectivity index (χ3v) is 4.32. The zero-order chi connectivity index (χ0) is 17.9. The van der Waals surface area contributed by atoms with Gasteiger partial charge < -0.3 is 9.88 Å². The van der Waals surface area contributed by atoms with Gasteiger partial charge >= 0.3 is 6.18 Å². The highest BCUT2D eigenvalue weighted by atomic mass is 19.4. The van der Waals surface area contributed by atoms with E-state index >= 15 is 0 Å². The van der Waals surface area contributed by atoms with Gasteiger partial charge in [0.2, 0.25) is 0 Å². The van der Waals surface area contributed by atoms with Gasteiger partial charge in [0.15, 0.2) is 0 Å². The summed E-state index contributed by atoms with van der Waals surface area (Å²) in [6, 6.07) is 9.59. The van der Waals surface area contributed by atoms with Gasteiger partial charge in [0.1, 0.15) is 0 Å². The smallest absolute Gasteiger partial charge is 0.346 e. The number of halogens is 3. The summed E-state index contributed by atoms with van der Waals surface area (Å²) < 4.78 is 39.8. The molecule has 0 saturated heterocycles. The monoisotopic (exact) mass is 347 g/mol. The van der Waals surface area contributed by atoms with Crippen LogP contribution in [0.5, 0.6) is 0 Å². The first kappa shape index (κ1) is 17.5. The van der Waals surface area contributed by atoms with E-state index in [9.17, 15) is 13.2 Å². The number of alkyl halides is 3. The highest BCUT2D eigenvalue weighted by molar-refractivity contribution is 5.78. The average Bonchev–Trinajstić information content (AvgIpc) is 3.01. The molecule has 0 spiro atoms. The number of aromatic nitrogens is 2. The fourth-order valence-corrected chi connectivity index (χ4v) is 2.76. The van der Waals surface area contributed by atoms with Crippen molar-refractivity contribution in [1.29, 1.82) is 0 Å². The Morgan fingerprint density at radius 1 is 1.12 bits per heavy atom. The van der Waals surface area contributed by atoms with Crippen LogP contribution in [0.25, 0.3) is 10.9 Å². The molecule has 0 aliphatic heterocycles. The molecule has 3 rings (SSSR count). The predicted molar refractivity (Wildman–Crippen MR) is 92.1 cm³/mol. The number of hydrogen-bond donors (Lipinski definition) is 1. The maximum atomic E-state index is 12.6. The summed E-state index contributed by atoms with van der Waals surface area (Å²) in [6.45, 7) is 3.48. The van der Waals surface area contributed by atoms with E-state index in [4.69, 9.17) is 0 Å². The molecule has 0 aliphatic carbocycles. The molecule has 0 fully saturated rings. The summed E-state index contributed by atoms with van der Waals surface area (Å²) in [5.74, 6) is 0. The summed E-state index contributed by atoms with van der Waals surface area (Å²) in [7, 11) is 0. The molecule has 1 unspecified atom stereocenters. The third kappa shape index (κ3) is 4.39. The number of fused-ring (bicyclic) bond motifs is 1. The molecule has 1 aromatic carbocycles. The van der Waals surface area contributed by atoms with Crippen molar-refractivity contribution in [3.63, 3.8) is 0 Å². The van der Waals surface area contributed by atoms with Gasteiger partial charge in [0, 0.05) is 36.9 Å². The maximum Gasteiger partial charge on any atom is 0.416 e. The first-order valence-electron chi connectivity index (χ1n) is 8.22. The number of rotatable bonds is 6. The van der Waals surface area contributed by atoms with Crippen molar-refractivity contribution >= 4 is 10.9 Å². The minimum atomic E-state index is -4.28. The minimum Gasteiger partial charge on any atom is -0.346 e. The fourth-order valence-electron chi connectivity index (χ4n) is 2.76. The van der Waals surface area contributed by atoms with Gasteiger partial charge in [0.05, 0.1) is 17.3 Å². The second kappa shape index (κ2) is 7.27. The van der Waals surface area contributed by atoms with Gasteiger partial charge in [-0.15, -0.1) is 0 Å². The first-order chi connectivity index (χ1) is 11.9. The minimum absolute atomic E-state index is 0.247. The van der Waals surface area contributed by atoms with Gasteiger partial charge in [-0.25, -0.2) is 0 Å². The zero-order valence-electron chi connectivity index (χ0n) is 13.9. The number of pyridine rings is 1. The van der Waals surface area contributed by atoms with Crippen molar-refractivity contribution in [2.45, 2.75) is 38.7 Å². The summed E-state index contributed by atoms with van der Waals surface area (Å²) in [6.07, 6.45) is 2.32. The van der Waals surface area contributed by atoms with Gasteiger partial charge in [-0.1, -0.05) is 12.1 Å². The lowest BCUT2D eigenvalue weighted by Crippen LogP contribution is -2.26. The molecule has 0 aliphatic rings. The second-order valence-corrected chi connectivity index (χ2v) is 6.21. The molecule has 0 saturated carbocycles. The van der Waals surface area contributed by atoms with Crippen LogP contribution in [0.15, 0.2) is 55.0 Å².